The molecule has 0 bridgehead atoms. The highest BCUT2D eigenvalue weighted by molar-refractivity contribution is 5.78. The van der Waals surface area contributed by atoms with Gasteiger partial charge in [-0.1, -0.05) is 12.1 Å². The van der Waals surface area contributed by atoms with Gasteiger partial charge in [0.15, 0.2) is 0 Å². The number of nitrogens with zero attached hydrogens (tertiary/aromatic N) is 4. The molecule has 0 unspecified atom stereocenters. The maximum atomic E-state index is 12.4. The molecule has 1 aliphatic carbocycles. The first-order chi connectivity index (χ1) is 13.1. The van der Waals surface area contributed by atoms with Crippen molar-refractivity contribution >= 4 is 16.8 Å². The van der Waals surface area contributed by atoms with Gasteiger partial charge in [0.25, 0.3) is 11.1 Å². The molecule has 2 aromatic heterocycles. The lowest BCUT2D eigenvalue weighted by Crippen LogP contribution is -2.35. The van der Waals surface area contributed by atoms with Crippen LogP contribution in [0.2, 0.25) is 0 Å². The molecule has 1 aromatic carbocycles. The van der Waals surface area contributed by atoms with Crippen LogP contribution in [0.4, 0.5) is 0 Å². The van der Waals surface area contributed by atoms with E-state index in [9.17, 15) is 14.4 Å². The Morgan fingerprint density at radius 3 is 2.67 bits per heavy atom. The molecule has 1 N–H and O–H groups in total. The summed E-state index contributed by atoms with van der Waals surface area (Å²) >= 11 is 0. The van der Waals surface area contributed by atoms with Gasteiger partial charge in [-0.25, -0.2) is 9.97 Å². The van der Waals surface area contributed by atoms with Crippen LogP contribution < -0.4 is 16.4 Å². The highest BCUT2D eigenvalue weighted by Gasteiger charge is 2.25. The van der Waals surface area contributed by atoms with Gasteiger partial charge < -0.3 is 5.32 Å². The van der Waals surface area contributed by atoms with Gasteiger partial charge in [0, 0.05) is 25.1 Å². The van der Waals surface area contributed by atoms with Crippen LogP contribution in [0.5, 0.6) is 0 Å². The number of hydrogen-bond acceptors (Lipinski definition) is 5. The largest absolute Gasteiger partial charge is 0.353 e. The van der Waals surface area contributed by atoms with Crippen molar-refractivity contribution in [2.75, 3.05) is 6.54 Å². The second kappa shape index (κ2) is 7.14. The molecule has 0 aliphatic heterocycles. The standard InChI is InChI=1S/C19H19N5O3/c25-17(10-24-12-21-15-4-2-1-3-14(15)19(24)27)20-7-8-23-11-22-16(9-18(23)26)13-5-6-13/h1-4,9,11-13H,5-8,10H2,(H,20,25). The lowest BCUT2D eigenvalue weighted by molar-refractivity contribution is -0.121. The minimum absolute atomic E-state index is 0.115. The maximum absolute atomic E-state index is 12.4. The van der Waals surface area contributed by atoms with E-state index in [1.54, 1.807) is 30.3 Å². The number of nitrogens with one attached hydrogen (secondary N) is 1. The predicted molar refractivity (Wildman–Crippen MR) is 99.5 cm³/mol. The minimum Gasteiger partial charge on any atom is -0.353 e. The lowest BCUT2D eigenvalue weighted by atomic mass is 10.2. The summed E-state index contributed by atoms with van der Waals surface area (Å²) < 4.78 is 2.74. The Morgan fingerprint density at radius 2 is 1.89 bits per heavy atom. The molecule has 0 atom stereocenters. The Hall–Kier alpha value is -3.29. The SMILES string of the molecule is O=C(Cn1cnc2ccccc2c1=O)NCCn1cnc(C2CC2)cc1=O. The number of fused-ring (bicyclic) bond motifs is 1. The topological polar surface area (TPSA) is 98.9 Å². The molecular formula is C19H19N5O3. The maximum Gasteiger partial charge on any atom is 0.261 e. The van der Waals surface area contributed by atoms with Gasteiger partial charge in [-0.2, -0.15) is 0 Å². The molecule has 0 radical (unpaired) electrons. The molecule has 2 heterocycles. The monoisotopic (exact) mass is 365 g/mol. The lowest BCUT2D eigenvalue weighted by Gasteiger charge is -2.09. The number of para-hydroxylation sites is 1. The molecule has 0 saturated heterocycles. The van der Waals surface area contributed by atoms with Crippen molar-refractivity contribution < 1.29 is 4.79 Å². The van der Waals surface area contributed by atoms with Crippen LogP contribution in [0.3, 0.4) is 0 Å². The molecule has 4 rings (SSSR count). The van der Waals surface area contributed by atoms with Crippen molar-refractivity contribution in [2.45, 2.75) is 31.8 Å². The van der Waals surface area contributed by atoms with E-state index >= 15 is 0 Å². The Bertz CT molecular complexity index is 1110. The van der Waals surface area contributed by atoms with E-state index in [1.807, 2.05) is 0 Å². The van der Waals surface area contributed by atoms with Gasteiger partial charge in [0.05, 0.1) is 29.3 Å². The van der Waals surface area contributed by atoms with Crippen molar-refractivity contribution in [3.63, 3.8) is 0 Å². The van der Waals surface area contributed by atoms with E-state index in [4.69, 9.17) is 0 Å². The fraction of sp³-hybridized carbons (Fsp3) is 0.316. The fourth-order valence-electron chi connectivity index (χ4n) is 2.96. The Morgan fingerprint density at radius 1 is 1.11 bits per heavy atom. The van der Waals surface area contributed by atoms with Crippen molar-refractivity contribution in [1.82, 2.24) is 24.4 Å². The number of benzene rings is 1. The van der Waals surface area contributed by atoms with E-state index in [-0.39, 0.29) is 30.1 Å². The average molecular weight is 365 g/mol. The van der Waals surface area contributed by atoms with Crippen LogP contribution in [0.15, 0.2) is 52.6 Å². The number of hydrogen-bond donors (Lipinski definition) is 1. The third kappa shape index (κ3) is 3.79. The molecule has 1 aliphatic rings. The van der Waals surface area contributed by atoms with E-state index < -0.39 is 0 Å². The van der Waals surface area contributed by atoms with Crippen LogP contribution in [-0.4, -0.2) is 31.6 Å². The summed E-state index contributed by atoms with van der Waals surface area (Å²) in [5.74, 6) is 0.116. The van der Waals surface area contributed by atoms with E-state index in [2.05, 4.69) is 15.3 Å². The summed E-state index contributed by atoms with van der Waals surface area (Å²) in [6.07, 6.45) is 5.08. The molecule has 1 amide bonds. The van der Waals surface area contributed by atoms with Crippen LogP contribution in [0, 0.1) is 0 Å². The van der Waals surface area contributed by atoms with Crippen molar-refractivity contribution in [3.8, 4) is 0 Å². The summed E-state index contributed by atoms with van der Waals surface area (Å²) in [6, 6.07) is 8.57. The minimum atomic E-state index is -0.315. The number of rotatable bonds is 6. The van der Waals surface area contributed by atoms with E-state index in [0.29, 0.717) is 23.4 Å². The molecule has 138 valence electrons. The normalized spacial score (nSPS) is 13.6. The molecule has 27 heavy (non-hydrogen) atoms. The summed E-state index contributed by atoms with van der Waals surface area (Å²) in [5.41, 5.74) is 1.08. The zero-order valence-electron chi connectivity index (χ0n) is 14.7. The average Bonchev–Trinajstić information content (AvgIpc) is 3.51. The molecular weight excluding hydrogens is 346 g/mol. The zero-order valence-corrected chi connectivity index (χ0v) is 14.7. The van der Waals surface area contributed by atoms with E-state index in [0.717, 1.165) is 18.5 Å². The first-order valence-electron chi connectivity index (χ1n) is 8.89. The smallest absolute Gasteiger partial charge is 0.261 e. The molecule has 1 fully saturated rings. The second-order valence-corrected chi connectivity index (χ2v) is 6.66. The van der Waals surface area contributed by atoms with Gasteiger partial charge >= 0.3 is 0 Å². The second-order valence-electron chi connectivity index (χ2n) is 6.66. The van der Waals surface area contributed by atoms with Crippen LogP contribution >= 0.6 is 0 Å². The number of aromatic nitrogens is 4. The Labute approximate surface area is 154 Å². The quantitative estimate of drug-likeness (QED) is 0.691. The number of carbonyl (C=O) groups excluding carboxylic acids is 1. The molecule has 8 heteroatoms. The summed E-state index contributed by atoms with van der Waals surface area (Å²) in [6.45, 7) is 0.483. The summed E-state index contributed by atoms with van der Waals surface area (Å²) in [4.78, 5) is 45.1. The van der Waals surface area contributed by atoms with Gasteiger partial charge in [-0.15, -0.1) is 0 Å². The highest BCUT2D eigenvalue weighted by Crippen LogP contribution is 2.38. The van der Waals surface area contributed by atoms with Crippen LogP contribution in [-0.2, 0) is 17.9 Å². The van der Waals surface area contributed by atoms with Crippen LogP contribution in [0.1, 0.15) is 24.5 Å². The molecule has 3 aromatic rings. The zero-order chi connectivity index (χ0) is 18.8. The highest BCUT2D eigenvalue weighted by atomic mass is 16.2. The molecule has 0 spiro atoms. The molecule has 1 saturated carbocycles. The number of carbonyl (C=O) groups is 1. The Kier molecular flexibility index (Phi) is 4.53. The van der Waals surface area contributed by atoms with Gasteiger partial charge in [0.2, 0.25) is 5.91 Å². The van der Waals surface area contributed by atoms with Crippen molar-refractivity contribution in [2.24, 2.45) is 0 Å². The Balaban J connectivity index is 1.35. The third-order valence-corrected chi connectivity index (χ3v) is 4.62. The molecule has 8 nitrogen and oxygen atoms in total. The van der Waals surface area contributed by atoms with Crippen molar-refractivity contribution in [1.29, 1.82) is 0 Å². The number of amides is 1. The van der Waals surface area contributed by atoms with Gasteiger partial charge in [0.1, 0.15) is 6.54 Å². The fourth-order valence-corrected chi connectivity index (χ4v) is 2.96. The van der Waals surface area contributed by atoms with E-state index in [1.165, 1.54) is 21.8 Å². The first-order valence-corrected chi connectivity index (χ1v) is 8.89. The summed E-state index contributed by atoms with van der Waals surface area (Å²) in [5, 5.41) is 3.19. The van der Waals surface area contributed by atoms with Gasteiger partial charge in [-0.3, -0.25) is 23.5 Å². The summed E-state index contributed by atoms with van der Waals surface area (Å²) in [7, 11) is 0. The predicted octanol–water partition coefficient (Wildman–Crippen LogP) is 0.647. The first kappa shape index (κ1) is 17.1. The van der Waals surface area contributed by atoms with Crippen molar-refractivity contribution in [3.05, 3.63) is 69.4 Å². The van der Waals surface area contributed by atoms with Gasteiger partial charge in [-0.05, 0) is 25.0 Å². The van der Waals surface area contributed by atoms with Crippen LogP contribution in [0.25, 0.3) is 10.9 Å². The third-order valence-electron chi connectivity index (χ3n) is 4.62.